The van der Waals surface area contributed by atoms with Gasteiger partial charge in [0, 0.05) is 24.1 Å². The fourth-order valence-electron chi connectivity index (χ4n) is 1.56. The van der Waals surface area contributed by atoms with Gasteiger partial charge >= 0.3 is 0 Å². The average Bonchev–Trinajstić information content (AvgIpc) is 2.45. The molecular formula is C17H23BrN2O. The minimum atomic E-state index is -0.113. The van der Waals surface area contributed by atoms with E-state index in [-0.39, 0.29) is 5.91 Å². The topological polar surface area (TPSA) is 32.3 Å². The minimum Gasteiger partial charge on any atom is -0.364 e. The second-order valence-corrected chi connectivity index (χ2v) is 6.09. The van der Waals surface area contributed by atoms with Crippen molar-refractivity contribution >= 4 is 21.8 Å². The summed E-state index contributed by atoms with van der Waals surface area (Å²) in [6.07, 6.45) is 4.96. The summed E-state index contributed by atoms with van der Waals surface area (Å²) < 4.78 is 0.937. The molecule has 1 amide bonds. The van der Waals surface area contributed by atoms with Gasteiger partial charge < -0.3 is 10.2 Å². The molecule has 1 aromatic rings. The van der Waals surface area contributed by atoms with Crippen molar-refractivity contribution in [3.63, 3.8) is 0 Å². The van der Waals surface area contributed by atoms with E-state index in [9.17, 15) is 4.79 Å². The van der Waals surface area contributed by atoms with E-state index in [1.54, 1.807) is 0 Å². The van der Waals surface area contributed by atoms with Crippen LogP contribution < -0.4 is 5.32 Å². The number of aryl methyl sites for hydroxylation is 1. The first-order valence-corrected chi connectivity index (χ1v) is 7.76. The normalized spacial score (nSPS) is 12.3. The molecule has 0 unspecified atom stereocenters. The van der Waals surface area contributed by atoms with E-state index in [4.69, 9.17) is 0 Å². The Morgan fingerprint density at radius 3 is 2.52 bits per heavy atom. The summed E-state index contributed by atoms with van der Waals surface area (Å²) in [6, 6.07) is 5.60. The molecule has 0 bridgehead atoms. The Labute approximate surface area is 135 Å². The fourth-order valence-corrected chi connectivity index (χ4v) is 1.94. The van der Waals surface area contributed by atoms with Crippen molar-refractivity contribution in [3.05, 3.63) is 57.3 Å². The third kappa shape index (κ3) is 5.38. The molecule has 0 fully saturated rings. The summed E-state index contributed by atoms with van der Waals surface area (Å²) in [5.74, 6) is 0.655. The monoisotopic (exact) mass is 350 g/mol. The Balaban J connectivity index is 2.93. The number of benzene rings is 1. The third-order valence-corrected chi connectivity index (χ3v) is 4.10. The van der Waals surface area contributed by atoms with Gasteiger partial charge in [-0.3, -0.25) is 4.79 Å². The van der Waals surface area contributed by atoms with Gasteiger partial charge in [0.15, 0.2) is 0 Å². The van der Waals surface area contributed by atoms with Crippen molar-refractivity contribution in [2.45, 2.75) is 27.2 Å². The Morgan fingerprint density at radius 2 is 2.00 bits per heavy atom. The van der Waals surface area contributed by atoms with Crippen LogP contribution >= 0.6 is 15.9 Å². The molecule has 0 aromatic heterocycles. The Bertz CT molecular complexity index is 574. The molecule has 0 atom stereocenters. The molecule has 0 aliphatic rings. The third-order valence-electron chi connectivity index (χ3n) is 3.24. The number of amides is 1. The van der Waals surface area contributed by atoms with E-state index < -0.39 is 0 Å². The smallest absolute Gasteiger partial charge is 0.256 e. The second-order valence-electron chi connectivity index (χ2n) is 5.23. The quantitative estimate of drug-likeness (QED) is 0.805. The number of carbonyl (C=O) groups excluding carboxylic acids is 1. The molecule has 0 radical (unpaired) electrons. The highest BCUT2D eigenvalue weighted by Gasteiger charge is 2.10. The lowest BCUT2D eigenvalue weighted by molar-refractivity contribution is 0.0956. The van der Waals surface area contributed by atoms with Gasteiger partial charge in [0.05, 0.1) is 0 Å². The van der Waals surface area contributed by atoms with Gasteiger partial charge in [0.2, 0.25) is 0 Å². The van der Waals surface area contributed by atoms with Gasteiger partial charge in [0.25, 0.3) is 5.91 Å². The first kappa shape index (κ1) is 17.5. The second kappa shape index (κ2) is 8.03. The molecule has 0 aliphatic carbocycles. The Morgan fingerprint density at radius 1 is 1.33 bits per heavy atom. The molecule has 0 saturated carbocycles. The molecule has 3 nitrogen and oxygen atoms in total. The number of rotatable bonds is 5. The molecule has 1 rings (SSSR count). The number of hydrogen-bond acceptors (Lipinski definition) is 2. The molecule has 21 heavy (non-hydrogen) atoms. The number of halogens is 1. The first-order valence-electron chi connectivity index (χ1n) is 6.97. The molecule has 0 spiro atoms. The van der Waals surface area contributed by atoms with Gasteiger partial charge in [-0.1, -0.05) is 40.6 Å². The van der Waals surface area contributed by atoms with E-state index in [1.165, 1.54) is 5.57 Å². The van der Waals surface area contributed by atoms with E-state index in [2.05, 4.69) is 35.1 Å². The van der Waals surface area contributed by atoms with Crippen LogP contribution in [0.25, 0.3) is 0 Å². The molecule has 0 heterocycles. The highest BCUT2D eigenvalue weighted by atomic mass is 79.9. The lowest BCUT2D eigenvalue weighted by atomic mass is 10.1. The van der Waals surface area contributed by atoms with Crippen LogP contribution in [-0.2, 0) is 0 Å². The maximum atomic E-state index is 12.3. The Kier molecular flexibility index (Phi) is 6.69. The van der Waals surface area contributed by atoms with Crippen molar-refractivity contribution in [2.75, 3.05) is 14.1 Å². The van der Waals surface area contributed by atoms with Crippen LogP contribution in [-0.4, -0.2) is 24.9 Å². The van der Waals surface area contributed by atoms with Crippen molar-refractivity contribution in [1.29, 1.82) is 0 Å². The summed E-state index contributed by atoms with van der Waals surface area (Å²) in [5.41, 5.74) is 3.01. The van der Waals surface area contributed by atoms with Crippen LogP contribution in [0.3, 0.4) is 0 Å². The van der Waals surface area contributed by atoms with Crippen molar-refractivity contribution in [1.82, 2.24) is 10.2 Å². The van der Waals surface area contributed by atoms with E-state index in [0.717, 1.165) is 22.3 Å². The summed E-state index contributed by atoms with van der Waals surface area (Å²) >= 11 is 3.45. The van der Waals surface area contributed by atoms with Crippen LogP contribution in [0.15, 0.2) is 46.2 Å². The van der Waals surface area contributed by atoms with Crippen LogP contribution in [0.4, 0.5) is 0 Å². The molecule has 1 N–H and O–H groups in total. The fraction of sp³-hybridized carbons (Fsp3) is 0.353. The molecule has 0 aliphatic heterocycles. The highest BCUT2D eigenvalue weighted by molar-refractivity contribution is 9.10. The SMILES string of the molecule is CC/C(C)=C\C=C(\NC(=O)c1ccc(C)c(Br)c1)N(C)C. The summed E-state index contributed by atoms with van der Waals surface area (Å²) in [4.78, 5) is 14.2. The summed E-state index contributed by atoms with van der Waals surface area (Å²) in [7, 11) is 3.82. The number of carbonyl (C=O) groups is 1. The zero-order chi connectivity index (χ0) is 16.0. The minimum absolute atomic E-state index is 0.113. The van der Waals surface area contributed by atoms with Crippen molar-refractivity contribution < 1.29 is 4.79 Å². The van der Waals surface area contributed by atoms with Gasteiger partial charge in [0.1, 0.15) is 5.82 Å². The molecule has 114 valence electrons. The van der Waals surface area contributed by atoms with E-state index in [0.29, 0.717) is 5.56 Å². The van der Waals surface area contributed by atoms with Crippen LogP contribution in [0.2, 0.25) is 0 Å². The first-order chi connectivity index (χ1) is 9.85. The number of allylic oxidation sites excluding steroid dienone is 3. The lowest BCUT2D eigenvalue weighted by Gasteiger charge is -2.18. The number of nitrogens with zero attached hydrogens (tertiary/aromatic N) is 1. The zero-order valence-corrected chi connectivity index (χ0v) is 14.9. The largest absolute Gasteiger partial charge is 0.364 e. The molecule has 0 saturated heterocycles. The van der Waals surface area contributed by atoms with Crippen LogP contribution in [0, 0.1) is 6.92 Å². The zero-order valence-electron chi connectivity index (χ0n) is 13.3. The van der Waals surface area contributed by atoms with Crippen LogP contribution in [0.1, 0.15) is 36.2 Å². The van der Waals surface area contributed by atoms with Gasteiger partial charge in [-0.2, -0.15) is 0 Å². The Hall–Kier alpha value is -1.55. The van der Waals surface area contributed by atoms with Crippen LogP contribution in [0.5, 0.6) is 0 Å². The molecule has 1 aromatic carbocycles. The maximum absolute atomic E-state index is 12.3. The van der Waals surface area contributed by atoms with Crippen molar-refractivity contribution in [3.8, 4) is 0 Å². The number of hydrogen-bond donors (Lipinski definition) is 1. The highest BCUT2D eigenvalue weighted by Crippen LogP contribution is 2.17. The summed E-state index contributed by atoms with van der Waals surface area (Å²) in [6.45, 7) is 6.18. The van der Waals surface area contributed by atoms with E-state index >= 15 is 0 Å². The van der Waals surface area contributed by atoms with Gasteiger partial charge in [-0.15, -0.1) is 0 Å². The average molecular weight is 351 g/mol. The maximum Gasteiger partial charge on any atom is 0.256 e. The standard InChI is InChI=1S/C17H23BrN2O/c1-6-12(2)7-10-16(20(4)5)19-17(21)14-9-8-13(3)15(18)11-14/h7-11H,6H2,1-5H3,(H,19,21)/b12-7-,16-10-. The number of nitrogens with one attached hydrogen (secondary N) is 1. The predicted molar refractivity (Wildman–Crippen MR) is 92.2 cm³/mol. The molecular weight excluding hydrogens is 328 g/mol. The molecule has 4 heteroatoms. The van der Waals surface area contributed by atoms with Crippen molar-refractivity contribution in [2.24, 2.45) is 0 Å². The van der Waals surface area contributed by atoms with E-state index in [1.807, 2.05) is 56.3 Å². The lowest BCUT2D eigenvalue weighted by Crippen LogP contribution is -2.30. The van der Waals surface area contributed by atoms with Gasteiger partial charge in [-0.25, -0.2) is 0 Å². The van der Waals surface area contributed by atoms with Gasteiger partial charge in [-0.05, 0) is 44.0 Å². The summed E-state index contributed by atoms with van der Waals surface area (Å²) in [5, 5.41) is 2.94. The predicted octanol–water partition coefficient (Wildman–Crippen LogP) is 4.25.